The molecule has 30 heavy (non-hydrogen) atoms. The van der Waals surface area contributed by atoms with Crippen molar-refractivity contribution in [2.24, 2.45) is 0 Å². The predicted molar refractivity (Wildman–Crippen MR) is 117 cm³/mol. The standard InChI is InChI=1S/C24H23N3O3/c1-30-19-12-10-17(11-13-19)15-27-16-25-24-20(8-5-9-22(24)27)26-21(14-23(28)29)18-6-3-2-4-7-18/h2-13,16,21,26H,14-15H2,1H3,(H,28,29). The average molecular weight is 401 g/mol. The second-order valence-corrected chi connectivity index (χ2v) is 7.10. The molecule has 0 aliphatic carbocycles. The van der Waals surface area contributed by atoms with E-state index in [2.05, 4.69) is 14.9 Å². The van der Waals surface area contributed by atoms with Crippen LogP contribution < -0.4 is 10.1 Å². The summed E-state index contributed by atoms with van der Waals surface area (Å²) in [6.45, 7) is 0.682. The van der Waals surface area contributed by atoms with E-state index in [4.69, 9.17) is 4.74 Å². The zero-order valence-corrected chi connectivity index (χ0v) is 16.7. The van der Waals surface area contributed by atoms with E-state index >= 15 is 0 Å². The summed E-state index contributed by atoms with van der Waals surface area (Å²) in [5.74, 6) is -0.0281. The minimum Gasteiger partial charge on any atom is -0.497 e. The van der Waals surface area contributed by atoms with Crippen molar-refractivity contribution in [2.75, 3.05) is 12.4 Å². The van der Waals surface area contributed by atoms with Crippen LogP contribution in [0.1, 0.15) is 23.6 Å². The first-order chi connectivity index (χ1) is 14.6. The fourth-order valence-corrected chi connectivity index (χ4v) is 3.56. The van der Waals surface area contributed by atoms with Crippen LogP contribution in [-0.4, -0.2) is 27.7 Å². The summed E-state index contributed by atoms with van der Waals surface area (Å²) in [6, 6.07) is 23.1. The van der Waals surface area contributed by atoms with E-state index in [0.717, 1.165) is 33.6 Å². The predicted octanol–water partition coefficient (Wildman–Crippen LogP) is 4.72. The van der Waals surface area contributed by atoms with E-state index < -0.39 is 5.97 Å². The van der Waals surface area contributed by atoms with E-state index in [1.807, 2.05) is 79.1 Å². The molecule has 0 saturated carbocycles. The van der Waals surface area contributed by atoms with Gasteiger partial charge in [-0.05, 0) is 35.4 Å². The van der Waals surface area contributed by atoms with E-state index in [1.165, 1.54) is 0 Å². The van der Waals surface area contributed by atoms with E-state index in [9.17, 15) is 9.90 Å². The summed E-state index contributed by atoms with van der Waals surface area (Å²) in [5, 5.41) is 12.8. The average Bonchev–Trinajstić information content (AvgIpc) is 3.18. The lowest BCUT2D eigenvalue weighted by atomic mass is 10.0. The van der Waals surface area contributed by atoms with Gasteiger partial charge in [0.05, 0.1) is 37.1 Å². The number of methoxy groups -OCH3 is 1. The van der Waals surface area contributed by atoms with Gasteiger partial charge < -0.3 is 19.7 Å². The quantitative estimate of drug-likeness (QED) is 0.447. The molecule has 3 aromatic carbocycles. The van der Waals surface area contributed by atoms with Crippen molar-refractivity contribution >= 4 is 22.7 Å². The van der Waals surface area contributed by atoms with Gasteiger partial charge in [0.1, 0.15) is 11.3 Å². The number of nitrogens with one attached hydrogen (secondary N) is 1. The van der Waals surface area contributed by atoms with Gasteiger partial charge in [-0.25, -0.2) is 4.98 Å². The normalized spacial score (nSPS) is 11.9. The smallest absolute Gasteiger partial charge is 0.305 e. The van der Waals surface area contributed by atoms with Crippen LogP contribution in [0.5, 0.6) is 5.75 Å². The minimum absolute atomic E-state index is 0.0209. The van der Waals surface area contributed by atoms with Crippen molar-refractivity contribution in [3.63, 3.8) is 0 Å². The Kier molecular flexibility index (Phi) is 5.66. The molecule has 1 aromatic heterocycles. The molecule has 0 saturated heterocycles. The number of para-hydroxylation sites is 1. The van der Waals surface area contributed by atoms with E-state index in [0.29, 0.717) is 6.54 Å². The molecule has 0 bridgehead atoms. The largest absolute Gasteiger partial charge is 0.497 e. The molecular weight excluding hydrogens is 378 g/mol. The van der Waals surface area contributed by atoms with Gasteiger partial charge in [0, 0.05) is 6.54 Å². The molecule has 1 atom stereocenters. The lowest BCUT2D eigenvalue weighted by molar-refractivity contribution is -0.137. The van der Waals surface area contributed by atoms with Gasteiger partial charge >= 0.3 is 5.97 Å². The molecule has 0 aliphatic heterocycles. The molecule has 6 heteroatoms. The molecule has 0 aliphatic rings. The number of rotatable bonds is 8. The molecule has 2 N–H and O–H groups in total. The number of hydrogen-bond acceptors (Lipinski definition) is 4. The summed E-state index contributed by atoms with van der Waals surface area (Å²) >= 11 is 0. The number of carbonyl (C=O) groups is 1. The molecule has 1 heterocycles. The topological polar surface area (TPSA) is 76.4 Å². The number of aromatic nitrogens is 2. The minimum atomic E-state index is -0.853. The van der Waals surface area contributed by atoms with Crippen LogP contribution in [0.25, 0.3) is 11.0 Å². The van der Waals surface area contributed by atoms with Gasteiger partial charge in [-0.2, -0.15) is 0 Å². The Morgan fingerprint density at radius 2 is 1.83 bits per heavy atom. The Morgan fingerprint density at radius 3 is 2.53 bits per heavy atom. The lowest BCUT2D eigenvalue weighted by Crippen LogP contribution is -2.15. The highest BCUT2D eigenvalue weighted by atomic mass is 16.5. The van der Waals surface area contributed by atoms with Gasteiger partial charge in [-0.1, -0.05) is 48.5 Å². The van der Waals surface area contributed by atoms with Gasteiger partial charge in [-0.15, -0.1) is 0 Å². The highest BCUT2D eigenvalue weighted by Gasteiger charge is 2.17. The van der Waals surface area contributed by atoms with E-state index in [-0.39, 0.29) is 12.5 Å². The molecule has 152 valence electrons. The third-order valence-electron chi connectivity index (χ3n) is 5.07. The highest BCUT2D eigenvalue weighted by Crippen LogP contribution is 2.28. The summed E-state index contributed by atoms with van der Waals surface area (Å²) in [6.07, 6.45) is 1.79. The number of carboxylic acids is 1. The molecule has 0 spiro atoms. The maximum Gasteiger partial charge on any atom is 0.305 e. The zero-order valence-electron chi connectivity index (χ0n) is 16.7. The number of ether oxygens (including phenoxy) is 1. The summed E-state index contributed by atoms with van der Waals surface area (Å²) in [5.41, 5.74) is 4.68. The fraction of sp³-hybridized carbons (Fsp3) is 0.167. The molecule has 0 fully saturated rings. The first-order valence-corrected chi connectivity index (χ1v) is 9.74. The maximum atomic E-state index is 11.4. The summed E-state index contributed by atoms with van der Waals surface area (Å²) in [4.78, 5) is 16.0. The monoisotopic (exact) mass is 401 g/mol. The van der Waals surface area contributed by atoms with Crippen molar-refractivity contribution in [1.29, 1.82) is 0 Å². The summed E-state index contributed by atoms with van der Waals surface area (Å²) in [7, 11) is 1.65. The number of nitrogens with zero attached hydrogens (tertiary/aromatic N) is 2. The van der Waals surface area contributed by atoms with Crippen molar-refractivity contribution in [1.82, 2.24) is 9.55 Å². The van der Waals surface area contributed by atoms with Crippen LogP contribution in [0.4, 0.5) is 5.69 Å². The number of benzene rings is 3. The fourth-order valence-electron chi connectivity index (χ4n) is 3.56. The summed E-state index contributed by atoms with van der Waals surface area (Å²) < 4.78 is 7.30. The number of aliphatic carboxylic acids is 1. The zero-order chi connectivity index (χ0) is 20.9. The van der Waals surface area contributed by atoms with Crippen LogP contribution in [0, 0.1) is 0 Å². The van der Waals surface area contributed by atoms with Crippen LogP contribution in [0.2, 0.25) is 0 Å². The Balaban J connectivity index is 1.62. The van der Waals surface area contributed by atoms with Crippen LogP contribution in [0.15, 0.2) is 79.1 Å². The second-order valence-electron chi connectivity index (χ2n) is 7.10. The van der Waals surface area contributed by atoms with Crippen LogP contribution in [0.3, 0.4) is 0 Å². The van der Waals surface area contributed by atoms with Gasteiger partial charge in [0.2, 0.25) is 0 Å². The van der Waals surface area contributed by atoms with Crippen molar-refractivity contribution in [2.45, 2.75) is 19.0 Å². The molecule has 6 nitrogen and oxygen atoms in total. The Labute approximate surface area is 174 Å². The Bertz CT molecular complexity index is 1140. The van der Waals surface area contributed by atoms with Crippen molar-refractivity contribution in [3.8, 4) is 5.75 Å². The van der Waals surface area contributed by atoms with E-state index in [1.54, 1.807) is 7.11 Å². The van der Waals surface area contributed by atoms with Crippen molar-refractivity contribution < 1.29 is 14.6 Å². The highest BCUT2D eigenvalue weighted by molar-refractivity contribution is 5.89. The number of imidazole rings is 1. The van der Waals surface area contributed by atoms with Gasteiger partial charge in [0.25, 0.3) is 0 Å². The first kappa shape index (κ1) is 19.5. The third-order valence-corrected chi connectivity index (χ3v) is 5.07. The van der Waals surface area contributed by atoms with Gasteiger partial charge in [-0.3, -0.25) is 4.79 Å². The number of anilines is 1. The third kappa shape index (κ3) is 4.27. The number of hydrogen-bond donors (Lipinski definition) is 2. The molecule has 4 aromatic rings. The van der Waals surface area contributed by atoms with Crippen LogP contribution in [-0.2, 0) is 11.3 Å². The number of fused-ring (bicyclic) bond motifs is 1. The van der Waals surface area contributed by atoms with Crippen LogP contribution >= 0.6 is 0 Å². The molecule has 0 amide bonds. The second kappa shape index (κ2) is 8.69. The van der Waals surface area contributed by atoms with Crippen molar-refractivity contribution in [3.05, 3.63) is 90.3 Å². The molecular formula is C24H23N3O3. The molecule has 4 rings (SSSR count). The Hall–Kier alpha value is -3.80. The Morgan fingerprint density at radius 1 is 1.07 bits per heavy atom. The maximum absolute atomic E-state index is 11.4. The lowest BCUT2D eigenvalue weighted by Gasteiger charge is -2.19. The molecule has 0 radical (unpaired) electrons. The molecule has 1 unspecified atom stereocenters. The number of carboxylic acid groups (broad SMARTS) is 1. The first-order valence-electron chi connectivity index (χ1n) is 9.74. The SMILES string of the molecule is COc1ccc(Cn2cnc3c(NC(CC(=O)O)c4ccccc4)cccc32)cc1. The van der Waals surface area contributed by atoms with Gasteiger partial charge in [0.15, 0.2) is 0 Å².